The van der Waals surface area contributed by atoms with Gasteiger partial charge in [-0.1, -0.05) is 0 Å². The normalized spacial score (nSPS) is 10.6. The summed E-state index contributed by atoms with van der Waals surface area (Å²) in [6, 6.07) is -0.123. The van der Waals surface area contributed by atoms with E-state index < -0.39 is 37.0 Å². The SMILES string of the molecule is CC(C)NC(=O)COC(=O)/C=C/C(=O)OCC(=O)NC(C)C. The van der Waals surface area contributed by atoms with Gasteiger partial charge in [-0.3, -0.25) is 9.59 Å². The van der Waals surface area contributed by atoms with E-state index in [1.54, 1.807) is 27.7 Å². The molecule has 124 valence electrons. The molecule has 0 unspecified atom stereocenters. The first-order valence-corrected chi connectivity index (χ1v) is 6.81. The first-order valence-electron chi connectivity index (χ1n) is 6.81. The van der Waals surface area contributed by atoms with Crippen LogP contribution in [-0.4, -0.2) is 49.1 Å². The van der Waals surface area contributed by atoms with Crippen molar-refractivity contribution < 1.29 is 28.7 Å². The Kier molecular flexibility index (Phi) is 9.24. The van der Waals surface area contributed by atoms with Gasteiger partial charge < -0.3 is 20.1 Å². The summed E-state index contributed by atoms with van der Waals surface area (Å²) in [5.41, 5.74) is 0. The van der Waals surface area contributed by atoms with Gasteiger partial charge >= 0.3 is 11.9 Å². The van der Waals surface area contributed by atoms with Crippen LogP contribution in [0.4, 0.5) is 0 Å². The van der Waals surface area contributed by atoms with Gasteiger partial charge in [-0.15, -0.1) is 0 Å². The van der Waals surface area contributed by atoms with Gasteiger partial charge in [0.25, 0.3) is 11.8 Å². The molecule has 0 bridgehead atoms. The summed E-state index contributed by atoms with van der Waals surface area (Å²) >= 11 is 0. The summed E-state index contributed by atoms with van der Waals surface area (Å²) in [4.78, 5) is 44.9. The minimum Gasteiger partial charge on any atom is -0.452 e. The standard InChI is InChI=1S/C14H22N2O6/c1-9(2)15-11(17)7-21-13(19)5-6-14(20)22-8-12(18)16-10(3)4/h5-6,9-10H,7-8H2,1-4H3,(H,15,17)(H,16,18)/b6-5+. The molecule has 22 heavy (non-hydrogen) atoms. The molecular formula is C14H22N2O6. The molecule has 0 fully saturated rings. The van der Waals surface area contributed by atoms with Gasteiger partial charge in [-0.05, 0) is 27.7 Å². The van der Waals surface area contributed by atoms with Crippen molar-refractivity contribution in [2.75, 3.05) is 13.2 Å². The number of esters is 2. The number of carbonyl (C=O) groups is 4. The molecule has 0 rings (SSSR count). The molecule has 0 aromatic carbocycles. The monoisotopic (exact) mass is 314 g/mol. The highest BCUT2D eigenvalue weighted by molar-refractivity contribution is 5.93. The van der Waals surface area contributed by atoms with E-state index in [2.05, 4.69) is 20.1 Å². The summed E-state index contributed by atoms with van der Waals surface area (Å²) in [6.07, 6.45) is 1.65. The summed E-state index contributed by atoms with van der Waals surface area (Å²) in [7, 11) is 0. The van der Waals surface area contributed by atoms with Crippen LogP contribution in [0.2, 0.25) is 0 Å². The van der Waals surface area contributed by atoms with E-state index in [0.717, 1.165) is 12.2 Å². The Bertz CT molecular complexity index is 403. The minimum absolute atomic E-state index is 0.0614. The fourth-order valence-corrected chi connectivity index (χ4v) is 1.23. The Morgan fingerprint density at radius 2 is 1.09 bits per heavy atom. The number of hydrogen-bond donors (Lipinski definition) is 2. The Morgan fingerprint density at radius 3 is 1.36 bits per heavy atom. The molecular weight excluding hydrogens is 292 g/mol. The Hall–Kier alpha value is -2.38. The van der Waals surface area contributed by atoms with Gasteiger partial charge in [-0.25, -0.2) is 9.59 Å². The Balaban J connectivity index is 3.99. The molecule has 2 N–H and O–H groups in total. The lowest BCUT2D eigenvalue weighted by molar-refractivity contribution is -0.145. The lowest BCUT2D eigenvalue weighted by atomic mass is 10.4. The molecule has 0 saturated carbocycles. The van der Waals surface area contributed by atoms with E-state index >= 15 is 0 Å². The fraction of sp³-hybridized carbons (Fsp3) is 0.571. The maximum Gasteiger partial charge on any atom is 0.331 e. The molecule has 8 nitrogen and oxygen atoms in total. The van der Waals surface area contributed by atoms with Crippen molar-refractivity contribution in [3.63, 3.8) is 0 Å². The second kappa shape index (κ2) is 10.4. The maximum atomic E-state index is 11.2. The molecule has 2 amide bonds. The van der Waals surface area contributed by atoms with Crippen molar-refractivity contribution in [1.82, 2.24) is 10.6 Å². The summed E-state index contributed by atoms with van der Waals surface area (Å²) in [5, 5.41) is 5.07. The molecule has 0 atom stereocenters. The van der Waals surface area contributed by atoms with Crippen molar-refractivity contribution in [2.45, 2.75) is 39.8 Å². The van der Waals surface area contributed by atoms with E-state index in [1.165, 1.54) is 0 Å². The van der Waals surface area contributed by atoms with Crippen LogP contribution in [0.15, 0.2) is 12.2 Å². The first-order chi connectivity index (χ1) is 10.2. The third-order valence-corrected chi connectivity index (χ3v) is 1.95. The van der Waals surface area contributed by atoms with Gasteiger partial charge in [0.05, 0.1) is 0 Å². The molecule has 0 saturated heterocycles. The number of hydrogen-bond acceptors (Lipinski definition) is 6. The molecule has 0 spiro atoms. The van der Waals surface area contributed by atoms with Crippen molar-refractivity contribution in [3.8, 4) is 0 Å². The zero-order valence-electron chi connectivity index (χ0n) is 13.2. The Morgan fingerprint density at radius 1 is 0.773 bits per heavy atom. The van der Waals surface area contributed by atoms with Crippen LogP contribution in [0.5, 0.6) is 0 Å². The molecule has 0 aliphatic rings. The van der Waals surface area contributed by atoms with Crippen LogP contribution in [-0.2, 0) is 28.7 Å². The molecule has 0 radical (unpaired) electrons. The van der Waals surface area contributed by atoms with E-state index in [1.807, 2.05) is 0 Å². The maximum absolute atomic E-state index is 11.2. The van der Waals surface area contributed by atoms with E-state index in [0.29, 0.717) is 0 Å². The summed E-state index contributed by atoms with van der Waals surface area (Å²) in [5.74, 6) is -2.60. The van der Waals surface area contributed by atoms with Gasteiger partial charge in [0, 0.05) is 24.2 Å². The fourth-order valence-electron chi connectivity index (χ4n) is 1.23. The Labute approximate surface area is 129 Å². The second-order valence-corrected chi connectivity index (χ2v) is 4.99. The molecule has 0 heterocycles. The zero-order valence-corrected chi connectivity index (χ0v) is 13.2. The van der Waals surface area contributed by atoms with E-state index in [9.17, 15) is 19.2 Å². The highest BCUT2D eigenvalue weighted by atomic mass is 16.5. The van der Waals surface area contributed by atoms with E-state index in [4.69, 9.17) is 0 Å². The van der Waals surface area contributed by atoms with Crippen LogP contribution in [0, 0.1) is 0 Å². The number of rotatable bonds is 8. The predicted octanol–water partition coefficient (Wildman–Crippen LogP) is -0.322. The number of amides is 2. The number of carbonyl (C=O) groups excluding carboxylic acids is 4. The number of ether oxygens (including phenoxy) is 2. The molecule has 0 aliphatic carbocycles. The third kappa shape index (κ3) is 11.4. The van der Waals surface area contributed by atoms with Crippen LogP contribution >= 0.6 is 0 Å². The van der Waals surface area contributed by atoms with Gasteiger partial charge in [0.1, 0.15) is 0 Å². The highest BCUT2D eigenvalue weighted by Crippen LogP contribution is 1.88. The largest absolute Gasteiger partial charge is 0.452 e. The summed E-state index contributed by atoms with van der Waals surface area (Å²) < 4.78 is 9.22. The van der Waals surface area contributed by atoms with Crippen LogP contribution in [0.1, 0.15) is 27.7 Å². The zero-order chi connectivity index (χ0) is 17.1. The lowest BCUT2D eigenvalue weighted by Gasteiger charge is -2.08. The quantitative estimate of drug-likeness (QED) is 0.469. The van der Waals surface area contributed by atoms with Crippen LogP contribution in [0.3, 0.4) is 0 Å². The van der Waals surface area contributed by atoms with Crippen molar-refractivity contribution in [3.05, 3.63) is 12.2 Å². The molecule has 0 aromatic heterocycles. The van der Waals surface area contributed by atoms with Gasteiger partial charge in [0.15, 0.2) is 13.2 Å². The molecule has 0 aliphatic heterocycles. The van der Waals surface area contributed by atoms with Crippen LogP contribution in [0.25, 0.3) is 0 Å². The molecule has 0 aromatic rings. The highest BCUT2D eigenvalue weighted by Gasteiger charge is 2.08. The lowest BCUT2D eigenvalue weighted by Crippen LogP contribution is -2.34. The van der Waals surface area contributed by atoms with Gasteiger partial charge in [-0.2, -0.15) is 0 Å². The smallest absolute Gasteiger partial charge is 0.331 e. The topological polar surface area (TPSA) is 111 Å². The average Bonchev–Trinajstić information content (AvgIpc) is 2.39. The predicted molar refractivity (Wildman–Crippen MR) is 77.6 cm³/mol. The van der Waals surface area contributed by atoms with Crippen molar-refractivity contribution >= 4 is 23.8 Å². The van der Waals surface area contributed by atoms with Crippen LogP contribution < -0.4 is 10.6 Å². The van der Waals surface area contributed by atoms with Crippen molar-refractivity contribution in [1.29, 1.82) is 0 Å². The third-order valence-electron chi connectivity index (χ3n) is 1.95. The first kappa shape index (κ1) is 19.6. The number of nitrogens with one attached hydrogen (secondary N) is 2. The second-order valence-electron chi connectivity index (χ2n) is 4.99. The average molecular weight is 314 g/mol. The summed E-state index contributed by atoms with van der Waals surface area (Å²) in [6.45, 7) is 6.20. The molecule has 8 heteroatoms. The minimum atomic E-state index is -0.859. The van der Waals surface area contributed by atoms with Crippen molar-refractivity contribution in [2.24, 2.45) is 0 Å². The van der Waals surface area contributed by atoms with Gasteiger partial charge in [0.2, 0.25) is 0 Å². The van der Waals surface area contributed by atoms with E-state index in [-0.39, 0.29) is 12.1 Å².